The molecule has 1 aromatic carbocycles. The normalized spacial score (nSPS) is 25.2. The van der Waals surface area contributed by atoms with Crippen LogP contribution in [0.2, 0.25) is 0 Å². The number of methoxy groups -OCH3 is 1. The van der Waals surface area contributed by atoms with E-state index in [0.29, 0.717) is 18.8 Å². The van der Waals surface area contributed by atoms with E-state index in [9.17, 15) is 9.59 Å². The molecule has 2 aliphatic heterocycles. The van der Waals surface area contributed by atoms with Crippen molar-refractivity contribution in [1.82, 2.24) is 24.5 Å². The lowest BCUT2D eigenvalue weighted by atomic mass is 9.82. The number of carbonyl (C=O) groups excluding carboxylic acids is 2. The fraction of sp³-hybridized carbons (Fsp3) is 0.441. The molecule has 9 heteroatoms. The number of anilines is 1. The Hall–Kier alpha value is -4.27. The largest absolute Gasteiger partial charge is 0.464 e. The molecule has 43 heavy (non-hydrogen) atoms. The van der Waals surface area contributed by atoms with Crippen molar-refractivity contribution in [3.63, 3.8) is 0 Å². The molecule has 0 radical (unpaired) electrons. The molecule has 2 saturated heterocycles. The van der Waals surface area contributed by atoms with Gasteiger partial charge >= 0.3 is 5.97 Å². The second kappa shape index (κ2) is 10.5. The van der Waals surface area contributed by atoms with Crippen molar-refractivity contribution in [3.8, 4) is 0 Å². The third kappa shape index (κ3) is 4.94. The van der Waals surface area contributed by atoms with E-state index in [0.717, 1.165) is 67.8 Å². The van der Waals surface area contributed by atoms with E-state index >= 15 is 0 Å². The molecule has 1 aliphatic carbocycles. The van der Waals surface area contributed by atoms with E-state index < -0.39 is 5.97 Å². The van der Waals surface area contributed by atoms with Crippen LogP contribution in [0.3, 0.4) is 0 Å². The fourth-order valence-electron chi connectivity index (χ4n) is 7.63. The predicted octanol–water partition coefficient (Wildman–Crippen LogP) is 5.19. The summed E-state index contributed by atoms with van der Waals surface area (Å²) in [6, 6.07) is 18.5. The van der Waals surface area contributed by atoms with Gasteiger partial charge in [0.1, 0.15) is 5.69 Å². The summed E-state index contributed by atoms with van der Waals surface area (Å²) in [5.74, 6) is 0.00688. The molecule has 9 nitrogen and oxygen atoms in total. The van der Waals surface area contributed by atoms with Gasteiger partial charge in [-0.05, 0) is 73.8 Å². The van der Waals surface area contributed by atoms with Crippen molar-refractivity contribution >= 4 is 23.2 Å². The van der Waals surface area contributed by atoms with Crippen molar-refractivity contribution in [1.29, 1.82) is 0 Å². The van der Waals surface area contributed by atoms with Crippen LogP contribution < -0.4 is 4.90 Å². The number of ether oxygens (including phenoxy) is 1. The number of amides is 1. The number of rotatable bonds is 5. The summed E-state index contributed by atoms with van der Waals surface area (Å²) in [6.07, 6.45) is 7.04. The number of pyridine rings is 2. The number of carbonyl (C=O) groups is 2. The van der Waals surface area contributed by atoms with E-state index in [1.54, 1.807) is 10.6 Å². The molecule has 4 aromatic rings. The van der Waals surface area contributed by atoms with Crippen LogP contribution in [-0.4, -0.2) is 69.6 Å². The predicted molar refractivity (Wildman–Crippen MR) is 163 cm³/mol. The summed E-state index contributed by atoms with van der Waals surface area (Å²) < 4.78 is 6.64. The summed E-state index contributed by atoms with van der Waals surface area (Å²) >= 11 is 0. The Morgan fingerprint density at radius 2 is 1.81 bits per heavy atom. The number of nitrogens with zero attached hydrogens (tertiary/aromatic N) is 6. The first-order valence-electron chi connectivity index (χ1n) is 15.3. The van der Waals surface area contributed by atoms with Crippen molar-refractivity contribution < 1.29 is 14.3 Å². The standard InChI is InChI=1S/C34H38N6O3/c1-23-18-26(38-16-14-33(2,21-38)25-8-5-4-6-9-25)20-40-30(23)36-29(37-40)31(41)39-17-15-34(22-39)13-12-24(19-34)27-10-7-11-28(35-27)32(42)43-3/h4-11,18,20,24H,12-17,19,21-22H2,1-3H3/t24?,33-,34?/m0/s1. The smallest absolute Gasteiger partial charge is 0.356 e. The maximum absolute atomic E-state index is 13.7. The van der Waals surface area contributed by atoms with E-state index in [1.165, 1.54) is 12.7 Å². The molecule has 0 bridgehead atoms. The molecule has 3 atom stereocenters. The molecule has 2 unspecified atom stereocenters. The Balaban J connectivity index is 1.05. The van der Waals surface area contributed by atoms with Crippen molar-refractivity contribution in [3.05, 3.63) is 89.1 Å². The van der Waals surface area contributed by atoms with Crippen LogP contribution in [0.15, 0.2) is 60.8 Å². The number of aromatic nitrogens is 4. The maximum atomic E-state index is 13.7. The average Bonchev–Trinajstić information content (AvgIpc) is 3.84. The van der Waals surface area contributed by atoms with Crippen LogP contribution in [0, 0.1) is 12.3 Å². The summed E-state index contributed by atoms with van der Waals surface area (Å²) in [5, 5.41) is 4.69. The SMILES string of the molecule is COC(=O)c1cccc(C2CCC3(CCN(C(=O)c4nc5c(C)cc(N6CC[C@](C)(c7ccccc7)C6)cn5n4)C3)C2)n1. The Kier molecular flexibility index (Phi) is 6.71. The van der Waals surface area contributed by atoms with Crippen LogP contribution >= 0.6 is 0 Å². The van der Waals surface area contributed by atoms with Gasteiger partial charge in [0.15, 0.2) is 5.65 Å². The van der Waals surface area contributed by atoms with E-state index in [1.807, 2.05) is 30.2 Å². The molecule has 5 heterocycles. The van der Waals surface area contributed by atoms with Gasteiger partial charge in [0.25, 0.3) is 5.91 Å². The number of likely N-dealkylation sites (tertiary alicyclic amines) is 1. The highest BCUT2D eigenvalue weighted by molar-refractivity contribution is 5.91. The van der Waals surface area contributed by atoms with Gasteiger partial charge in [-0.15, -0.1) is 5.10 Å². The van der Waals surface area contributed by atoms with Gasteiger partial charge in [-0.1, -0.05) is 43.3 Å². The Bertz CT molecular complexity index is 1700. The maximum Gasteiger partial charge on any atom is 0.356 e. The summed E-state index contributed by atoms with van der Waals surface area (Å²) in [5.41, 5.74) is 5.64. The number of hydrogen-bond acceptors (Lipinski definition) is 7. The van der Waals surface area contributed by atoms with Crippen LogP contribution in [0.25, 0.3) is 5.65 Å². The highest BCUT2D eigenvalue weighted by Crippen LogP contribution is 2.51. The molecule has 1 saturated carbocycles. The topological polar surface area (TPSA) is 92.9 Å². The molecule has 3 fully saturated rings. The van der Waals surface area contributed by atoms with Crippen LogP contribution in [0.4, 0.5) is 5.69 Å². The first-order chi connectivity index (χ1) is 20.8. The second-order valence-electron chi connectivity index (χ2n) is 13.0. The molecule has 7 rings (SSSR count). The number of aryl methyl sites for hydroxylation is 1. The molecule has 1 amide bonds. The van der Waals surface area contributed by atoms with Gasteiger partial charge in [-0.2, -0.15) is 0 Å². The number of fused-ring (bicyclic) bond motifs is 1. The number of hydrogen-bond donors (Lipinski definition) is 0. The van der Waals surface area contributed by atoms with E-state index in [2.05, 4.69) is 53.2 Å². The van der Waals surface area contributed by atoms with Gasteiger partial charge in [0, 0.05) is 43.2 Å². The van der Waals surface area contributed by atoms with Gasteiger partial charge < -0.3 is 14.5 Å². The fourth-order valence-corrected chi connectivity index (χ4v) is 7.63. The quantitative estimate of drug-likeness (QED) is 0.301. The zero-order chi connectivity index (χ0) is 29.8. The van der Waals surface area contributed by atoms with Gasteiger partial charge in [-0.3, -0.25) is 4.79 Å². The zero-order valence-electron chi connectivity index (χ0n) is 25.1. The first-order valence-corrected chi connectivity index (χ1v) is 15.3. The monoisotopic (exact) mass is 578 g/mol. The Labute approximate surface area is 251 Å². The minimum Gasteiger partial charge on any atom is -0.464 e. The molecule has 0 N–H and O–H groups in total. The van der Waals surface area contributed by atoms with E-state index in [-0.39, 0.29) is 28.5 Å². The molecule has 3 aromatic heterocycles. The molecular formula is C34H38N6O3. The zero-order valence-corrected chi connectivity index (χ0v) is 25.1. The van der Waals surface area contributed by atoms with Crippen molar-refractivity contribution in [2.45, 2.75) is 57.3 Å². The van der Waals surface area contributed by atoms with E-state index in [4.69, 9.17) is 14.8 Å². The van der Waals surface area contributed by atoms with Crippen LogP contribution in [0.5, 0.6) is 0 Å². The number of esters is 1. The van der Waals surface area contributed by atoms with Crippen LogP contribution in [0.1, 0.15) is 82.9 Å². The lowest BCUT2D eigenvalue weighted by molar-refractivity contribution is 0.0593. The molecule has 1 spiro atoms. The van der Waals surface area contributed by atoms with Gasteiger partial charge in [0.05, 0.1) is 19.0 Å². The second-order valence-corrected chi connectivity index (χ2v) is 13.0. The third-order valence-electron chi connectivity index (χ3n) is 10.1. The van der Waals surface area contributed by atoms with Gasteiger partial charge in [-0.25, -0.2) is 19.3 Å². The lowest BCUT2D eigenvalue weighted by Crippen LogP contribution is -2.32. The van der Waals surface area contributed by atoms with Crippen molar-refractivity contribution in [2.24, 2.45) is 5.41 Å². The number of benzene rings is 1. The lowest BCUT2D eigenvalue weighted by Gasteiger charge is -2.26. The Morgan fingerprint density at radius 1 is 0.977 bits per heavy atom. The highest BCUT2D eigenvalue weighted by Gasteiger charge is 2.46. The Morgan fingerprint density at radius 3 is 2.63 bits per heavy atom. The minimum atomic E-state index is -0.416. The molecule has 3 aliphatic rings. The molecular weight excluding hydrogens is 540 g/mol. The summed E-state index contributed by atoms with van der Waals surface area (Å²) in [7, 11) is 1.37. The summed E-state index contributed by atoms with van der Waals surface area (Å²) in [4.78, 5) is 39.3. The van der Waals surface area contributed by atoms with Crippen molar-refractivity contribution in [2.75, 3.05) is 38.2 Å². The molecule has 222 valence electrons. The average molecular weight is 579 g/mol. The highest BCUT2D eigenvalue weighted by atomic mass is 16.5. The first kappa shape index (κ1) is 27.6. The van der Waals surface area contributed by atoms with Gasteiger partial charge in [0.2, 0.25) is 5.82 Å². The minimum absolute atomic E-state index is 0.0622. The summed E-state index contributed by atoms with van der Waals surface area (Å²) in [6.45, 7) is 7.68. The van der Waals surface area contributed by atoms with Crippen LogP contribution in [-0.2, 0) is 10.2 Å². The third-order valence-corrected chi connectivity index (χ3v) is 10.1.